The summed E-state index contributed by atoms with van der Waals surface area (Å²) in [5, 5.41) is 20.6. The van der Waals surface area contributed by atoms with Gasteiger partial charge >= 0.3 is 5.97 Å². The summed E-state index contributed by atoms with van der Waals surface area (Å²) in [5.74, 6) is -0.524. The van der Waals surface area contributed by atoms with Crippen LogP contribution in [0.2, 0.25) is 0 Å². The maximum atomic E-state index is 11.7. The van der Waals surface area contributed by atoms with Crippen LogP contribution in [-0.4, -0.2) is 48.0 Å². The van der Waals surface area contributed by atoms with Crippen molar-refractivity contribution in [1.82, 2.24) is 5.32 Å². The summed E-state index contributed by atoms with van der Waals surface area (Å²) >= 11 is 0. The smallest absolute Gasteiger partial charge is 0.333 e. The standard InChI is InChI=1S/C13H21NO5/c1-8(2)13(18)19-4-3-14-12(17)11-6-9(11)5-10(16)7-15/h9-11,15-16H,1,3-7H2,2H3,(H,14,17)/t9-,10?,11?/m0/s1. The lowest BCUT2D eigenvalue weighted by Crippen LogP contribution is -2.30. The number of carbonyl (C=O) groups excluding carboxylic acids is 2. The Balaban J connectivity index is 2.10. The molecule has 6 heteroatoms. The minimum Gasteiger partial charge on any atom is -0.460 e. The van der Waals surface area contributed by atoms with Gasteiger partial charge in [0.2, 0.25) is 5.91 Å². The van der Waals surface area contributed by atoms with Gasteiger partial charge in [0.25, 0.3) is 0 Å². The Bertz CT molecular complexity index is 355. The first-order chi connectivity index (χ1) is 8.95. The molecule has 0 aromatic heterocycles. The number of aliphatic hydroxyl groups excluding tert-OH is 2. The van der Waals surface area contributed by atoms with E-state index in [9.17, 15) is 14.7 Å². The first kappa shape index (κ1) is 15.7. The molecule has 108 valence electrons. The highest BCUT2D eigenvalue weighted by Crippen LogP contribution is 2.42. The van der Waals surface area contributed by atoms with E-state index in [1.165, 1.54) is 0 Å². The molecule has 3 atom stereocenters. The molecule has 1 aliphatic rings. The van der Waals surface area contributed by atoms with Crippen molar-refractivity contribution in [2.45, 2.75) is 25.9 Å². The van der Waals surface area contributed by atoms with E-state index >= 15 is 0 Å². The molecule has 1 rings (SSSR count). The monoisotopic (exact) mass is 271 g/mol. The molecular formula is C13H21NO5. The molecule has 1 aliphatic carbocycles. The lowest BCUT2D eigenvalue weighted by Gasteiger charge is -2.07. The van der Waals surface area contributed by atoms with Crippen LogP contribution < -0.4 is 5.32 Å². The summed E-state index contributed by atoms with van der Waals surface area (Å²) in [6.45, 7) is 5.11. The van der Waals surface area contributed by atoms with Crippen molar-refractivity contribution in [2.75, 3.05) is 19.8 Å². The highest BCUT2D eigenvalue weighted by atomic mass is 16.5. The van der Waals surface area contributed by atoms with Crippen LogP contribution in [0.4, 0.5) is 0 Å². The molecule has 1 saturated carbocycles. The first-order valence-corrected chi connectivity index (χ1v) is 6.35. The second-order valence-corrected chi connectivity index (χ2v) is 4.88. The van der Waals surface area contributed by atoms with E-state index in [1.807, 2.05) is 0 Å². The third-order valence-electron chi connectivity index (χ3n) is 3.03. The predicted octanol–water partition coefficient (Wildman–Crippen LogP) is -0.399. The fourth-order valence-electron chi connectivity index (χ4n) is 1.83. The van der Waals surface area contributed by atoms with Crippen molar-refractivity contribution in [3.8, 4) is 0 Å². The lowest BCUT2D eigenvalue weighted by molar-refractivity contribution is -0.139. The van der Waals surface area contributed by atoms with Crippen molar-refractivity contribution in [3.63, 3.8) is 0 Å². The molecule has 1 amide bonds. The Morgan fingerprint density at radius 1 is 1.53 bits per heavy atom. The van der Waals surface area contributed by atoms with Gasteiger partial charge in [-0.25, -0.2) is 4.79 Å². The zero-order chi connectivity index (χ0) is 14.4. The van der Waals surface area contributed by atoms with Gasteiger partial charge in [-0.1, -0.05) is 6.58 Å². The predicted molar refractivity (Wildman–Crippen MR) is 68.1 cm³/mol. The summed E-state index contributed by atoms with van der Waals surface area (Å²) in [6, 6.07) is 0. The number of carbonyl (C=O) groups is 2. The van der Waals surface area contributed by atoms with Crippen molar-refractivity contribution in [3.05, 3.63) is 12.2 Å². The third-order valence-corrected chi connectivity index (χ3v) is 3.03. The Morgan fingerprint density at radius 2 is 2.21 bits per heavy atom. The van der Waals surface area contributed by atoms with Crippen LogP contribution in [0.25, 0.3) is 0 Å². The van der Waals surface area contributed by atoms with Gasteiger partial charge in [-0.05, 0) is 25.7 Å². The number of aliphatic hydroxyl groups is 2. The molecule has 0 aromatic carbocycles. The van der Waals surface area contributed by atoms with Crippen LogP contribution in [0.3, 0.4) is 0 Å². The average Bonchev–Trinajstić information content (AvgIpc) is 3.12. The van der Waals surface area contributed by atoms with E-state index in [-0.39, 0.29) is 37.5 Å². The van der Waals surface area contributed by atoms with Gasteiger partial charge in [0.05, 0.1) is 19.3 Å². The molecule has 0 heterocycles. The van der Waals surface area contributed by atoms with E-state index in [4.69, 9.17) is 9.84 Å². The number of ether oxygens (including phenoxy) is 1. The maximum Gasteiger partial charge on any atom is 0.333 e. The largest absolute Gasteiger partial charge is 0.460 e. The lowest BCUT2D eigenvalue weighted by atomic mass is 10.1. The van der Waals surface area contributed by atoms with Crippen LogP contribution in [0.15, 0.2) is 12.2 Å². The SMILES string of the molecule is C=C(C)C(=O)OCCNC(=O)C1C[C@@H]1CC(O)CO. The van der Waals surface area contributed by atoms with E-state index in [2.05, 4.69) is 11.9 Å². The summed E-state index contributed by atoms with van der Waals surface area (Å²) in [6.07, 6.45) is 0.424. The number of amides is 1. The molecule has 6 nitrogen and oxygen atoms in total. The van der Waals surface area contributed by atoms with Crippen LogP contribution in [0, 0.1) is 11.8 Å². The molecule has 0 spiro atoms. The van der Waals surface area contributed by atoms with Gasteiger partial charge in [0.15, 0.2) is 0 Å². The Labute approximate surface area is 112 Å². The number of esters is 1. The zero-order valence-corrected chi connectivity index (χ0v) is 11.1. The quantitative estimate of drug-likeness (QED) is 0.317. The van der Waals surface area contributed by atoms with Crippen LogP contribution in [0.1, 0.15) is 19.8 Å². The normalized spacial score (nSPS) is 22.5. The van der Waals surface area contributed by atoms with E-state index in [1.54, 1.807) is 6.92 Å². The molecular weight excluding hydrogens is 250 g/mol. The molecule has 19 heavy (non-hydrogen) atoms. The van der Waals surface area contributed by atoms with Crippen molar-refractivity contribution < 1.29 is 24.5 Å². The third kappa shape index (κ3) is 5.40. The molecule has 0 aromatic rings. The number of rotatable bonds is 8. The molecule has 2 unspecified atom stereocenters. The molecule has 1 fully saturated rings. The first-order valence-electron chi connectivity index (χ1n) is 6.35. The summed E-state index contributed by atoms with van der Waals surface area (Å²) in [5.41, 5.74) is 0.326. The van der Waals surface area contributed by atoms with Gasteiger partial charge in [-0.3, -0.25) is 4.79 Å². The molecule has 0 bridgehead atoms. The average molecular weight is 271 g/mol. The summed E-state index contributed by atoms with van der Waals surface area (Å²) in [4.78, 5) is 22.7. The Morgan fingerprint density at radius 3 is 2.79 bits per heavy atom. The van der Waals surface area contributed by atoms with Crippen molar-refractivity contribution >= 4 is 11.9 Å². The van der Waals surface area contributed by atoms with Crippen molar-refractivity contribution in [1.29, 1.82) is 0 Å². The van der Waals surface area contributed by atoms with Gasteiger partial charge in [0.1, 0.15) is 6.61 Å². The minimum atomic E-state index is -0.751. The Kier molecular flexibility index (Phi) is 5.98. The van der Waals surface area contributed by atoms with E-state index in [0.717, 1.165) is 6.42 Å². The van der Waals surface area contributed by atoms with Gasteiger partial charge in [-0.2, -0.15) is 0 Å². The van der Waals surface area contributed by atoms with Crippen LogP contribution >= 0.6 is 0 Å². The summed E-state index contributed by atoms with van der Waals surface area (Å²) in [7, 11) is 0. The maximum absolute atomic E-state index is 11.7. The molecule has 3 N–H and O–H groups in total. The molecule has 0 saturated heterocycles. The highest BCUT2D eigenvalue weighted by molar-refractivity contribution is 5.87. The van der Waals surface area contributed by atoms with Crippen LogP contribution in [0.5, 0.6) is 0 Å². The van der Waals surface area contributed by atoms with Gasteiger partial charge in [0, 0.05) is 11.5 Å². The molecule has 0 radical (unpaired) electrons. The number of hydrogen-bond acceptors (Lipinski definition) is 5. The fourth-order valence-corrected chi connectivity index (χ4v) is 1.83. The number of hydrogen-bond donors (Lipinski definition) is 3. The molecule has 0 aliphatic heterocycles. The second kappa shape index (κ2) is 7.25. The van der Waals surface area contributed by atoms with Crippen molar-refractivity contribution in [2.24, 2.45) is 11.8 Å². The topological polar surface area (TPSA) is 95.9 Å². The minimum absolute atomic E-state index is 0.0958. The van der Waals surface area contributed by atoms with E-state index in [0.29, 0.717) is 12.0 Å². The zero-order valence-electron chi connectivity index (χ0n) is 11.1. The Hall–Kier alpha value is -1.40. The fraction of sp³-hybridized carbons (Fsp3) is 0.692. The highest BCUT2D eigenvalue weighted by Gasteiger charge is 2.43. The van der Waals surface area contributed by atoms with Gasteiger partial charge in [-0.15, -0.1) is 0 Å². The van der Waals surface area contributed by atoms with Crippen LogP contribution in [-0.2, 0) is 14.3 Å². The number of nitrogens with one attached hydrogen (secondary N) is 1. The second-order valence-electron chi connectivity index (χ2n) is 4.88. The summed E-state index contributed by atoms with van der Waals surface area (Å²) < 4.78 is 4.84. The van der Waals surface area contributed by atoms with Gasteiger partial charge < -0.3 is 20.3 Å². The van der Waals surface area contributed by atoms with E-state index < -0.39 is 12.1 Å².